The second-order valence-corrected chi connectivity index (χ2v) is 4.33. The fourth-order valence-electron chi connectivity index (χ4n) is 1.15. The molecular weight excluding hydrogens is 267 g/mol. The highest BCUT2D eigenvalue weighted by atomic mass is 19.4. The average molecular weight is 281 g/mol. The number of nitrogens with one attached hydrogen (secondary N) is 1. The summed E-state index contributed by atoms with van der Waals surface area (Å²) in [5, 5.41) is 23.6. The standard InChI is InChI=1S/C10H14F3N3O3/c1-9(19,6-17)5-14-8(18)4-16-3-2-7(15-16)10(11,12)13/h2-3,17,19H,4-6H2,1H3,(H,14,18). The summed E-state index contributed by atoms with van der Waals surface area (Å²) in [6.45, 7) is 0.142. The molecule has 108 valence electrons. The summed E-state index contributed by atoms with van der Waals surface area (Å²) in [4.78, 5) is 11.4. The molecule has 0 bridgehead atoms. The van der Waals surface area contributed by atoms with Gasteiger partial charge in [0, 0.05) is 12.7 Å². The van der Waals surface area contributed by atoms with Gasteiger partial charge in [0.15, 0.2) is 5.69 Å². The van der Waals surface area contributed by atoms with Gasteiger partial charge in [0.25, 0.3) is 0 Å². The number of halogens is 3. The van der Waals surface area contributed by atoms with Gasteiger partial charge in [0.05, 0.1) is 6.61 Å². The molecule has 0 saturated carbocycles. The number of aliphatic hydroxyl groups is 2. The van der Waals surface area contributed by atoms with Crippen LogP contribution in [0.1, 0.15) is 12.6 Å². The smallest absolute Gasteiger partial charge is 0.393 e. The van der Waals surface area contributed by atoms with Gasteiger partial charge >= 0.3 is 6.18 Å². The van der Waals surface area contributed by atoms with Gasteiger partial charge in [0.1, 0.15) is 12.1 Å². The topological polar surface area (TPSA) is 87.4 Å². The first-order valence-corrected chi connectivity index (χ1v) is 5.35. The zero-order valence-corrected chi connectivity index (χ0v) is 10.1. The van der Waals surface area contributed by atoms with Crippen LogP contribution in [0, 0.1) is 0 Å². The second-order valence-electron chi connectivity index (χ2n) is 4.33. The zero-order valence-electron chi connectivity index (χ0n) is 10.1. The summed E-state index contributed by atoms with van der Waals surface area (Å²) in [7, 11) is 0. The van der Waals surface area contributed by atoms with Crippen molar-refractivity contribution in [1.29, 1.82) is 0 Å². The Morgan fingerprint density at radius 2 is 2.16 bits per heavy atom. The predicted molar refractivity (Wildman–Crippen MR) is 57.9 cm³/mol. The minimum absolute atomic E-state index is 0.213. The van der Waals surface area contributed by atoms with Crippen LogP contribution in [0.25, 0.3) is 0 Å². The number of aromatic nitrogens is 2. The first kappa shape index (κ1) is 15.4. The molecule has 6 nitrogen and oxygen atoms in total. The van der Waals surface area contributed by atoms with Crippen LogP contribution in [0.15, 0.2) is 12.3 Å². The van der Waals surface area contributed by atoms with Gasteiger partial charge < -0.3 is 15.5 Å². The van der Waals surface area contributed by atoms with Gasteiger partial charge in [0.2, 0.25) is 5.91 Å². The van der Waals surface area contributed by atoms with Crippen LogP contribution in [0.2, 0.25) is 0 Å². The molecule has 9 heteroatoms. The van der Waals surface area contributed by atoms with Crippen molar-refractivity contribution < 1.29 is 28.2 Å². The van der Waals surface area contributed by atoms with Crippen LogP contribution in [0.3, 0.4) is 0 Å². The Bertz CT molecular complexity index is 443. The van der Waals surface area contributed by atoms with E-state index in [2.05, 4.69) is 10.4 Å². The van der Waals surface area contributed by atoms with Crippen LogP contribution in [-0.2, 0) is 17.5 Å². The monoisotopic (exact) mass is 281 g/mol. The maximum atomic E-state index is 12.3. The SMILES string of the molecule is CC(O)(CO)CNC(=O)Cn1ccc(C(F)(F)F)n1. The molecule has 0 fully saturated rings. The highest BCUT2D eigenvalue weighted by Crippen LogP contribution is 2.27. The molecular formula is C10H14F3N3O3. The Labute approximate surface area is 106 Å². The number of carbonyl (C=O) groups excluding carboxylic acids is 1. The van der Waals surface area contributed by atoms with Gasteiger partial charge in [-0.25, -0.2) is 0 Å². The minimum Gasteiger partial charge on any atom is -0.393 e. The zero-order chi connectivity index (χ0) is 14.7. The lowest BCUT2D eigenvalue weighted by atomic mass is 10.1. The van der Waals surface area contributed by atoms with Crippen molar-refractivity contribution in [2.24, 2.45) is 0 Å². The van der Waals surface area contributed by atoms with E-state index in [-0.39, 0.29) is 6.54 Å². The van der Waals surface area contributed by atoms with Crippen molar-refractivity contribution >= 4 is 5.91 Å². The molecule has 3 N–H and O–H groups in total. The first-order chi connectivity index (χ1) is 8.64. The van der Waals surface area contributed by atoms with Gasteiger partial charge in [-0.15, -0.1) is 0 Å². The molecule has 1 aromatic rings. The Morgan fingerprint density at radius 1 is 1.53 bits per heavy atom. The van der Waals surface area contributed by atoms with Crippen molar-refractivity contribution in [3.05, 3.63) is 18.0 Å². The summed E-state index contributed by atoms with van der Waals surface area (Å²) in [6, 6.07) is 0.761. The van der Waals surface area contributed by atoms with E-state index in [9.17, 15) is 23.1 Å². The van der Waals surface area contributed by atoms with Gasteiger partial charge in [-0.1, -0.05) is 0 Å². The minimum atomic E-state index is -4.55. The molecule has 1 amide bonds. The van der Waals surface area contributed by atoms with Crippen molar-refractivity contribution in [2.75, 3.05) is 13.2 Å². The number of hydrogen-bond donors (Lipinski definition) is 3. The molecule has 1 rings (SSSR count). The Morgan fingerprint density at radius 3 is 2.63 bits per heavy atom. The summed E-state index contributed by atoms with van der Waals surface area (Å²) in [5.74, 6) is -0.620. The molecule has 1 unspecified atom stereocenters. The third kappa shape index (κ3) is 4.87. The quantitative estimate of drug-likeness (QED) is 0.695. The van der Waals surface area contributed by atoms with E-state index in [4.69, 9.17) is 5.11 Å². The number of amides is 1. The lowest BCUT2D eigenvalue weighted by molar-refractivity contribution is -0.141. The first-order valence-electron chi connectivity index (χ1n) is 5.35. The van der Waals surface area contributed by atoms with Crippen LogP contribution in [-0.4, -0.2) is 44.7 Å². The third-order valence-corrected chi connectivity index (χ3v) is 2.24. The maximum absolute atomic E-state index is 12.3. The molecule has 0 aliphatic rings. The second kappa shape index (κ2) is 5.57. The lowest BCUT2D eigenvalue weighted by Crippen LogP contribution is -2.44. The number of carbonyl (C=O) groups is 1. The van der Waals surface area contributed by atoms with Crippen molar-refractivity contribution in [1.82, 2.24) is 15.1 Å². The highest BCUT2D eigenvalue weighted by molar-refractivity contribution is 5.75. The van der Waals surface area contributed by atoms with Crippen molar-refractivity contribution in [2.45, 2.75) is 25.2 Å². The summed E-state index contributed by atoms with van der Waals surface area (Å²) < 4.78 is 37.6. The fraction of sp³-hybridized carbons (Fsp3) is 0.600. The fourth-order valence-corrected chi connectivity index (χ4v) is 1.15. The normalized spacial score (nSPS) is 15.1. The van der Waals surface area contributed by atoms with E-state index in [1.165, 1.54) is 6.92 Å². The van der Waals surface area contributed by atoms with Crippen LogP contribution < -0.4 is 5.32 Å². The Kier molecular flexibility index (Phi) is 4.53. The van der Waals surface area contributed by atoms with Crippen LogP contribution in [0.4, 0.5) is 13.2 Å². The molecule has 0 aromatic carbocycles. The molecule has 1 aromatic heterocycles. The molecule has 0 spiro atoms. The molecule has 1 atom stereocenters. The van der Waals surface area contributed by atoms with Crippen LogP contribution in [0.5, 0.6) is 0 Å². The lowest BCUT2D eigenvalue weighted by Gasteiger charge is -2.20. The molecule has 0 saturated heterocycles. The van der Waals surface area contributed by atoms with Gasteiger partial charge in [-0.05, 0) is 13.0 Å². The number of rotatable bonds is 5. The van der Waals surface area contributed by atoms with E-state index in [1.54, 1.807) is 0 Å². The largest absolute Gasteiger partial charge is 0.435 e. The number of nitrogens with zero attached hydrogens (tertiary/aromatic N) is 2. The van der Waals surface area contributed by atoms with E-state index in [0.717, 1.165) is 16.9 Å². The number of hydrogen-bond acceptors (Lipinski definition) is 4. The molecule has 0 radical (unpaired) electrons. The summed E-state index contributed by atoms with van der Waals surface area (Å²) in [6.07, 6.45) is -3.52. The third-order valence-electron chi connectivity index (χ3n) is 2.24. The van der Waals surface area contributed by atoms with Crippen LogP contribution >= 0.6 is 0 Å². The Hall–Kier alpha value is -1.61. The van der Waals surface area contributed by atoms with Gasteiger partial charge in [-0.2, -0.15) is 18.3 Å². The summed E-state index contributed by atoms with van der Waals surface area (Å²) >= 11 is 0. The Balaban J connectivity index is 2.52. The van der Waals surface area contributed by atoms with E-state index in [0.29, 0.717) is 0 Å². The van der Waals surface area contributed by atoms with E-state index in [1.807, 2.05) is 0 Å². The molecule has 0 aliphatic heterocycles. The maximum Gasteiger partial charge on any atom is 0.435 e. The highest BCUT2D eigenvalue weighted by Gasteiger charge is 2.33. The van der Waals surface area contributed by atoms with E-state index >= 15 is 0 Å². The van der Waals surface area contributed by atoms with E-state index < -0.39 is 36.5 Å². The number of alkyl halides is 3. The van der Waals surface area contributed by atoms with Gasteiger partial charge in [-0.3, -0.25) is 9.48 Å². The summed E-state index contributed by atoms with van der Waals surface area (Å²) in [5.41, 5.74) is -2.56. The molecule has 1 heterocycles. The van der Waals surface area contributed by atoms with Crippen molar-refractivity contribution in [3.63, 3.8) is 0 Å². The number of aliphatic hydroxyl groups excluding tert-OH is 1. The van der Waals surface area contributed by atoms with Crippen molar-refractivity contribution in [3.8, 4) is 0 Å². The molecule has 19 heavy (non-hydrogen) atoms. The predicted octanol–water partition coefficient (Wildman–Crippen LogP) is -0.239. The average Bonchev–Trinajstić information content (AvgIpc) is 2.75. The molecule has 0 aliphatic carbocycles.